The number of aliphatic hydroxyl groups is 1. The Morgan fingerprint density at radius 2 is 1.92 bits per heavy atom. The molecule has 0 aromatic heterocycles. The number of esters is 1. The largest absolute Gasteiger partial charge is 0.466 e. The molecule has 132 valence electrons. The molecule has 0 radical (unpaired) electrons. The maximum absolute atomic E-state index is 12.3. The van der Waals surface area contributed by atoms with Crippen molar-refractivity contribution in [1.82, 2.24) is 5.32 Å². The predicted octanol–water partition coefficient (Wildman–Crippen LogP) is 1.56. The lowest BCUT2D eigenvalue weighted by Gasteiger charge is -2.30. The van der Waals surface area contributed by atoms with Crippen molar-refractivity contribution in [2.75, 3.05) is 13.7 Å². The molecule has 2 rings (SSSR count). The number of methoxy groups -OCH3 is 1. The number of hydrogen-bond donors (Lipinski definition) is 2. The summed E-state index contributed by atoms with van der Waals surface area (Å²) in [5, 5.41) is 23.3. The lowest BCUT2D eigenvalue weighted by atomic mass is 9.78. The van der Waals surface area contributed by atoms with Gasteiger partial charge < -0.3 is 15.2 Å². The van der Waals surface area contributed by atoms with Gasteiger partial charge in [0, 0.05) is 35.0 Å². The Balaban J connectivity index is 2.72. The predicted molar refractivity (Wildman–Crippen MR) is 88.5 cm³/mol. The number of nitrogens with one attached hydrogen (secondary N) is 1. The number of nitrogens with zero attached hydrogens (tertiary/aromatic N) is 1. The molecule has 1 heterocycles. The van der Waals surface area contributed by atoms with E-state index in [9.17, 15) is 24.8 Å². The highest BCUT2D eigenvalue weighted by atomic mass is 16.6. The molecular formula is C17H18N2O6. The molecule has 0 saturated heterocycles. The monoisotopic (exact) mass is 346 g/mol. The third-order valence-electron chi connectivity index (χ3n) is 4.02. The van der Waals surface area contributed by atoms with E-state index < -0.39 is 29.2 Å². The number of hydrogen-bond acceptors (Lipinski definition) is 7. The number of ketones is 1. The second kappa shape index (κ2) is 7.27. The van der Waals surface area contributed by atoms with E-state index in [0.29, 0.717) is 17.0 Å². The summed E-state index contributed by atoms with van der Waals surface area (Å²) in [4.78, 5) is 35.1. The van der Waals surface area contributed by atoms with E-state index in [2.05, 4.69) is 5.32 Å². The van der Waals surface area contributed by atoms with Crippen LogP contribution in [0.1, 0.15) is 25.3 Å². The van der Waals surface area contributed by atoms with Crippen molar-refractivity contribution in [3.05, 3.63) is 62.5 Å². The first-order valence-electron chi connectivity index (χ1n) is 7.47. The van der Waals surface area contributed by atoms with Crippen LogP contribution in [0.5, 0.6) is 0 Å². The Bertz CT molecular complexity index is 771. The number of nitro groups is 1. The molecule has 1 unspecified atom stereocenters. The minimum atomic E-state index is -0.867. The molecule has 1 aliphatic rings. The molecule has 2 N–H and O–H groups in total. The molecule has 0 spiro atoms. The second-order valence-corrected chi connectivity index (χ2v) is 5.56. The maximum atomic E-state index is 12.3. The standard InChI is InChI=1S/C17H18N2O6/c1-9-14(13(21)8-20)16(15(10(2)18-9)17(22)25-3)11-5-4-6-12(7-11)19(23)24/h4-7,16,18,20H,8H2,1-3H3. The van der Waals surface area contributed by atoms with Crippen LogP contribution in [0.3, 0.4) is 0 Å². The average Bonchev–Trinajstić information content (AvgIpc) is 2.59. The molecule has 1 aromatic rings. The number of Topliss-reactive ketones (excluding diaryl/α,β-unsaturated/α-hetero) is 1. The fraction of sp³-hybridized carbons (Fsp3) is 0.294. The van der Waals surface area contributed by atoms with E-state index in [4.69, 9.17) is 4.74 Å². The summed E-state index contributed by atoms with van der Waals surface area (Å²) >= 11 is 0. The molecule has 1 aromatic carbocycles. The maximum Gasteiger partial charge on any atom is 0.336 e. The summed E-state index contributed by atoms with van der Waals surface area (Å²) < 4.78 is 4.82. The fourth-order valence-corrected chi connectivity index (χ4v) is 2.98. The summed E-state index contributed by atoms with van der Waals surface area (Å²) in [6, 6.07) is 5.71. The van der Waals surface area contributed by atoms with E-state index in [-0.39, 0.29) is 16.8 Å². The van der Waals surface area contributed by atoms with Crippen LogP contribution in [-0.2, 0) is 14.3 Å². The van der Waals surface area contributed by atoms with Crippen molar-refractivity contribution in [1.29, 1.82) is 0 Å². The Morgan fingerprint density at radius 1 is 1.28 bits per heavy atom. The highest BCUT2D eigenvalue weighted by molar-refractivity contribution is 6.03. The third kappa shape index (κ3) is 3.43. The van der Waals surface area contributed by atoms with Crippen LogP contribution < -0.4 is 5.32 Å². The molecule has 25 heavy (non-hydrogen) atoms. The normalized spacial score (nSPS) is 17.2. The van der Waals surface area contributed by atoms with Gasteiger partial charge in [-0.3, -0.25) is 14.9 Å². The van der Waals surface area contributed by atoms with Crippen LogP contribution in [-0.4, -0.2) is 35.5 Å². The molecule has 1 aliphatic heterocycles. The van der Waals surface area contributed by atoms with Gasteiger partial charge in [-0.25, -0.2) is 4.79 Å². The number of dihydropyridines is 1. The Labute approximate surface area is 143 Å². The van der Waals surface area contributed by atoms with Gasteiger partial charge in [0.2, 0.25) is 0 Å². The number of non-ortho nitro benzene ring substituents is 1. The summed E-state index contributed by atoms with van der Waals surface area (Å²) in [6.07, 6.45) is 0. The molecule has 8 heteroatoms. The van der Waals surface area contributed by atoms with Gasteiger partial charge in [0.1, 0.15) is 6.61 Å². The van der Waals surface area contributed by atoms with Crippen LogP contribution in [0, 0.1) is 10.1 Å². The Morgan fingerprint density at radius 3 is 2.48 bits per heavy atom. The van der Waals surface area contributed by atoms with Crippen LogP contribution in [0.4, 0.5) is 5.69 Å². The lowest BCUT2D eigenvalue weighted by Crippen LogP contribution is -2.32. The van der Waals surface area contributed by atoms with Gasteiger partial charge in [0.15, 0.2) is 5.78 Å². The van der Waals surface area contributed by atoms with Crippen molar-refractivity contribution < 1.29 is 24.4 Å². The topological polar surface area (TPSA) is 119 Å². The minimum Gasteiger partial charge on any atom is -0.466 e. The van der Waals surface area contributed by atoms with Crippen molar-refractivity contribution in [3.8, 4) is 0 Å². The Kier molecular flexibility index (Phi) is 5.33. The minimum absolute atomic E-state index is 0.161. The van der Waals surface area contributed by atoms with Crippen molar-refractivity contribution in [2.24, 2.45) is 0 Å². The van der Waals surface area contributed by atoms with Crippen molar-refractivity contribution >= 4 is 17.4 Å². The summed E-state index contributed by atoms with van der Waals surface area (Å²) in [6.45, 7) is 2.55. The fourth-order valence-electron chi connectivity index (χ4n) is 2.98. The number of nitro benzene ring substituents is 1. The first-order valence-corrected chi connectivity index (χ1v) is 7.47. The van der Waals surface area contributed by atoms with Gasteiger partial charge in [-0.05, 0) is 19.4 Å². The highest BCUT2D eigenvalue weighted by Gasteiger charge is 2.37. The van der Waals surface area contributed by atoms with Gasteiger partial charge in [0.25, 0.3) is 5.69 Å². The van der Waals surface area contributed by atoms with E-state index in [1.165, 1.54) is 25.3 Å². The van der Waals surface area contributed by atoms with E-state index in [1.54, 1.807) is 19.9 Å². The molecule has 0 fully saturated rings. The van der Waals surface area contributed by atoms with Crippen molar-refractivity contribution in [2.45, 2.75) is 19.8 Å². The molecule has 0 bridgehead atoms. The molecule has 0 saturated carbocycles. The lowest BCUT2D eigenvalue weighted by molar-refractivity contribution is -0.384. The number of carbonyl (C=O) groups is 2. The van der Waals surface area contributed by atoms with Crippen molar-refractivity contribution in [3.63, 3.8) is 0 Å². The summed E-state index contributed by atoms with van der Waals surface area (Å²) in [7, 11) is 1.21. The number of allylic oxidation sites excluding steroid dienone is 2. The number of benzene rings is 1. The number of ether oxygens (including phenoxy) is 1. The number of carbonyl (C=O) groups excluding carboxylic acids is 2. The zero-order valence-corrected chi connectivity index (χ0v) is 14.0. The van der Waals surface area contributed by atoms with E-state index in [1.807, 2.05) is 0 Å². The van der Waals surface area contributed by atoms with Gasteiger partial charge >= 0.3 is 5.97 Å². The van der Waals surface area contributed by atoms with Gasteiger partial charge in [-0.1, -0.05) is 12.1 Å². The molecule has 0 amide bonds. The quantitative estimate of drug-likeness (QED) is 0.472. The summed E-state index contributed by atoms with van der Waals surface area (Å²) in [5.74, 6) is -2.10. The molecule has 1 atom stereocenters. The summed E-state index contributed by atoms with van der Waals surface area (Å²) in [5.41, 5.74) is 1.54. The van der Waals surface area contributed by atoms with E-state index >= 15 is 0 Å². The van der Waals surface area contributed by atoms with Crippen LogP contribution in [0.15, 0.2) is 46.8 Å². The van der Waals surface area contributed by atoms with Gasteiger partial charge in [-0.2, -0.15) is 0 Å². The zero-order chi connectivity index (χ0) is 18.7. The average molecular weight is 346 g/mol. The first-order chi connectivity index (χ1) is 11.8. The number of rotatable bonds is 5. The second-order valence-electron chi connectivity index (χ2n) is 5.56. The number of aliphatic hydroxyl groups excluding tert-OH is 1. The molecule has 8 nitrogen and oxygen atoms in total. The zero-order valence-electron chi connectivity index (χ0n) is 14.0. The van der Waals surface area contributed by atoms with Crippen LogP contribution >= 0.6 is 0 Å². The first kappa shape index (κ1) is 18.3. The smallest absolute Gasteiger partial charge is 0.336 e. The highest BCUT2D eigenvalue weighted by Crippen LogP contribution is 2.39. The Hall–Kier alpha value is -3.00. The van der Waals surface area contributed by atoms with Gasteiger partial charge in [-0.15, -0.1) is 0 Å². The van der Waals surface area contributed by atoms with Gasteiger partial charge in [0.05, 0.1) is 17.6 Å². The molecule has 0 aliphatic carbocycles. The SMILES string of the molecule is COC(=O)C1=C(C)NC(C)=C(C(=O)CO)C1c1cccc([N+](=O)[O-])c1. The van der Waals surface area contributed by atoms with Crippen LogP contribution in [0.2, 0.25) is 0 Å². The third-order valence-corrected chi connectivity index (χ3v) is 4.02. The van der Waals surface area contributed by atoms with Crippen LogP contribution in [0.25, 0.3) is 0 Å². The van der Waals surface area contributed by atoms with E-state index in [0.717, 1.165) is 0 Å². The molecular weight excluding hydrogens is 328 g/mol.